The van der Waals surface area contributed by atoms with Crippen molar-refractivity contribution in [2.75, 3.05) is 19.6 Å². The van der Waals surface area contributed by atoms with Crippen LogP contribution in [-0.4, -0.2) is 35.5 Å². The van der Waals surface area contributed by atoms with E-state index in [4.69, 9.17) is 0 Å². The van der Waals surface area contributed by atoms with Gasteiger partial charge in [-0.3, -0.25) is 9.69 Å². The Morgan fingerprint density at radius 1 is 1.04 bits per heavy atom. The van der Waals surface area contributed by atoms with Gasteiger partial charge in [-0.1, -0.05) is 42.5 Å². The fraction of sp³-hybridized carbons (Fsp3) is 0.316. The van der Waals surface area contributed by atoms with E-state index < -0.39 is 0 Å². The molecule has 4 heteroatoms. The Balaban J connectivity index is 1.72. The van der Waals surface area contributed by atoms with E-state index in [1.54, 1.807) is 18.2 Å². The van der Waals surface area contributed by atoms with Gasteiger partial charge in [-0.2, -0.15) is 0 Å². The summed E-state index contributed by atoms with van der Waals surface area (Å²) in [5, 5.41) is 12.8. The lowest BCUT2D eigenvalue weighted by atomic mass is 10.1. The quantitative estimate of drug-likeness (QED) is 0.893. The van der Waals surface area contributed by atoms with Crippen molar-refractivity contribution in [1.29, 1.82) is 0 Å². The minimum Gasteiger partial charge on any atom is -0.507 e. The molecule has 1 aliphatic heterocycles. The van der Waals surface area contributed by atoms with E-state index in [2.05, 4.69) is 22.3 Å². The summed E-state index contributed by atoms with van der Waals surface area (Å²) in [6.45, 7) is 2.66. The van der Waals surface area contributed by atoms with Gasteiger partial charge in [0.2, 0.25) is 0 Å². The minimum atomic E-state index is -0.233. The number of carbonyl (C=O) groups is 1. The number of rotatable bonds is 5. The van der Waals surface area contributed by atoms with Crippen molar-refractivity contribution < 1.29 is 9.90 Å². The van der Waals surface area contributed by atoms with E-state index in [-0.39, 0.29) is 17.7 Å². The fourth-order valence-corrected chi connectivity index (χ4v) is 3.14. The number of para-hydroxylation sites is 1. The molecule has 1 fully saturated rings. The molecule has 2 aromatic carbocycles. The molecule has 1 saturated heterocycles. The number of carbonyl (C=O) groups excluding carboxylic acids is 1. The molecule has 0 radical (unpaired) electrons. The van der Waals surface area contributed by atoms with Crippen LogP contribution in [0.5, 0.6) is 5.75 Å². The molecule has 2 N–H and O–H groups in total. The molecule has 3 rings (SSSR count). The monoisotopic (exact) mass is 310 g/mol. The maximum atomic E-state index is 12.3. The summed E-state index contributed by atoms with van der Waals surface area (Å²) in [6.07, 6.45) is 2.41. The molecular formula is C19H22N2O2. The third kappa shape index (κ3) is 3.71. The van der Waals surface area contributed by atoms with E-state index in [0.717, 1.165) is 13.1 Å². The Morgan fingerprint density at radius 3 is 2.39 bits per heavy atom. The summed E-state index contributed by atoms with van der Waals surface area (Å²) in [6, 6.07) is 17.1. The molecule has 4 nitrogen and oxygen atoms in total. The number of phenolic OH excluding ortho intramolecular Hbond substituents is 1. The van der Waals surface area contributed by atoms with Crippen molar-refractivity contribution in [2.45, 2.75) is 18.9 Å². The standard InChI is InChI=1S/C19H22N2O2/c22-18-11-5-4-10-16(18)19(23)20-14-17(21-12-6-7-13-21)15-8-2-1-3-9-15/h1-5,8-11,17,22H,6-7,12-14H2,(H,20,23). The van der Waals surface area contributed by atoms with Gasteiger partial charge in [0, 0.05) is 6.54 Å². The first-order chi connectivity index (χ1) is 11.3. The van der Waals surface area contributed by atoms with E-state index in [9.17, 15) is 9.90 Å². The molecular weight excluding hydrogens is 288 g/mol. The molecule has 0 saturated carbocycles. The number of amides is 1. The van der Waals surface area contributed by atoms with Crippen LogP contribution in [0.2, 0.25) is 0 Å². The van der Waals surface area contributed by atoms with Crippen LogP contribution >= 0.6 is 0 Å². The number of nitrogens with one attached hydrogen (secondary N) is 1. The molecule has 1 atom stereocenters. The number of nitrogens with zero attached hydrogens (tertiary/aromatic N) is 1. The minimum absolute atomic E-state index is 0.0161. The first-order valence-corrected chi connectivity index (χ1v) is 8.11. The van der Waals surface area contributed by atoms with E-state index in [1.807, 2.05) is 18.2 Å². The number of hydrogen-bond donors (Lipinski definition) is 2. The van der Waals surface area contributed by atoms with Crippen LogP contribution in [0.1, 0.15) is 34.8 Å². The predicted octanol–water partition coefficient (Wildman–Crippen LogP) is 2.96. The Bertz CT molecular complexity index is 651. The number of benzene rings is 2. The number of likely N-dealkylation sites (tertiary alicyclic amines) is 1. The van der Waals surface area contributed by atoms with Crippen LogP contribution < -0.4 is 5.32 Å². The average Bonchev–Trinajstić information content (AvgIpc) is 3.10. The highest BCUT2D eigenvalue weighted by Crippen LogP contribution is 2.24. The SMILES string of the molecule is O=C(NCC(c1ccccc1)N1CCCC1)c1ccccc1O. The zero-order valence-electron chi connectivity index (χ0n) is 13.1. The predicted molar refractivity (Wildman–Crippen MR) is 90.4 cm³/mol. The first-order valence-electron chi connectivity index (χ1n) is 8.11. The van der Waals surface area contributed by atoms with Crippen LogP contribution in [0.25, 0.3) is 0 Å². The van der Waals surface area contributed by atoms with Crippen LogP contribution in [0.3, 0.4) is 0 Å². The largest absolute Gasteiger partial charge is 0.507 e. The van der Waals surface area contributed by atoms with Crippen LogP contribution in [0.15, 0.2) is 54.6 Å². The molecule has 0 spiro atoms. The van der Waals surface area contributed by atoms with Gasteiger partial charge in [-0.15, -0.1) is 0 Å². The van der Waals surface area contributed by atoms with Gasteiger partial charge in [0.25, 0.3) is 5.91 Å². The second-order valence-electron chi connectivity index (χ2n) is 5.90. The molecule has 120 valence electrons. The lowest BCUT2D eigenvalue weighted by Gasteiger charge is -2.28. The third-order valence-corrected chi connectivity index (χ3v) is 4.37. The first kappa shape index (κ1) is 15.6. The molecule has 1 heterocycles. The van der Waals surface area contributed by atoms with Gasteiger partial charge >= 0.3 is 0 Å². The summed E-state index contributed by atoms with van der Waals surface area (Å²) in [5.41, 5.74) is 1.53. The van der Waals surface area contributed by atoms with Crippen molar-refractivity contribution in [3.8, 4) is 5.75 Å². The second kappa shape index (κ2) is 7.29. The molecule has 1 aliphatic rings. The lowest BCUT2D eigenvalue weighted by Crippen LogP contribution is -2.36. The van der Waals surface area contributed by atoms with E-state index >= 15 is 0 Å². The van der Waals surface area contributed by atoms with Gasteiger partial charge < -0.3 is 10.4 Å². The van der Waals surface area contributed by atoms with Crippen molar-refractivity contribution in [1.82, 2.24) is 10.2 Å². The van der Waals surface area contributed by atoms with Gasteiger partial charge in [0.15, 0.2) is 0 Å². The molecule has 0 aromatic heterocycles. The third-order valence-electron chi connectivity index (χ3n) is 4.37. The van der Waals surface area contributed by atoms with Crippen molar-refractivity contribution in [2.24, 2.45) is 0 Å². The summed E-state index contributed by atoms with van der Waals surface area (Å²) in [4.78, 5) is 14.7. The van der Waals surface area contributed by atoms with Crippen LogP contribution in [0, 0.1) is 0 Å². The summed E-state index contributed by atoms with van der Waals surface area (Å²) >= 11 is 0. The fourth-order valence-electron chi connectivity index (χ4n) is 3.14. The van der Waals surface area contributed by atoms with Gasteiger partial charge in [-0.25, -0.2) is 0 Å². The Morgan fingerprint density at radius 2 is 1.70 bits per heavy atom. The van der Waals surface area contributed by atoms with Gasteiger partial charge in [0.05, 0.1) is 11.6 Å². The normalized spacial score (nSPS) is 16.2. The summed E-state index contributed by atoms with van der Waals surface area (Å²) in [7, 11) is 0. The molecule has 2 aromatic rings. The smallest absolute Gasteiger partial charge is 0.255 e. The van der Waals surface area contributed by atoms with Gasteiger partial charge in [0.1, 0.15) is 5.75 Å². The second-order valence-corrected chi connectivity index (χ2v) is 5.90. The highest BCUT2D eigenvalue weighted by molar-refractivity contribution is 5.96. The Kier molecular flexibility index (Phi) is 4.93. The maximum absolute atomic E-state index is 12.3. The number of aromatic hydroxyl groups is 1. The molecule has 1 unspecified atom stereocenters. The number of hydrogen-bond acceptors (Lipinski definition) is 3. The average molecular weight is 310 g/mol. The zero-order chi connectivity index (χ0) is 16.1. The highest BCUT2D eigenvalue weighted by atomic mass is 16.3. The summed E-state index contributed by atoms with van der Waals surface area (Å²) in [5.74, 6) is -0.217. The lowest BCUT2D eigenvalue weighted by molar-refractivity contribution is 0.0935. The van der Waals surface area contributed by atoms with Gasteiger partial charge in [-0.05, 0) is 43.6 Å². The van der Waals surface area contributed by atoms with Crippen LogP contribution in [-0.2, 0) is 0 Å². The Labute approximate surface area is 136 Å². The molecule has 0 aliphatic carbocycles. The molecule has 23 heavy (non-hydrogen) atoms. The van der Waals surface area contributed by atoms with E-state index in [1.165, 1.54) is 24.5 Å². The van der Waals surface area contributed by atoms with Crippen molar-refractivity contribution in [3.63, 3.8) is 0 Å². The van der Waals surface area contributed by atoms with E-state index in [0.29, 0.717) is 12.1 Å². The Hall–Kier alpha value is -2.33. The van der Waals surface area contributed by atoms with Crippen LogP contribution in [0.4, 0.5) is 0 Å². The zero-order valence-corrected chi connectivity index (χ0v) is 13.1. The van der Waals surface area contributed by atoms with Crippen molar-refractivity contribution >= 4 is 5.91 Å². The molecule has 0 bridgehead atoms. The molecule has 1 amide bonds. The number of phenols is 1. The maximum Gasteiger partial charge on any atom is 0.255 e. The summed E-state index contributed by atoms with van der Waals surface area (Å²) < 4.78 is 0. The highest BCUT2D eigenvalue weighted by Gasteiger charge is 2.24. The topological polar surface area (TPSA) is 52.6 Å². The van der Waals surface area contributed by atoms with Crippen molar-refractivity contribution in [3.05, 3.63) is 65.7 Å².